The van der Waals surface area contributed by atoms with Crippen molar-refractivity contribution in [2.45, 2.75) is 212 Å². The molecule has 1 atom stereocenters. The van der Waals surface area contributed by atoms with Gasteiger partial charge in [-0.05, 0) is 38.6 Å². The first-order valence-electron chi connectivity index (χ1n) is 21.6. The second-order valence-electron chi connectivity index (χ2n) is 14.8. The van der Waals surface area contributed by atoms with Gasteiger partial charge in [-0.2, -0.15) is 0 Å². The van der Waals surface area contributed by atoms with E-state index in [4.69, 9.17) is 26.0 Å². The molecule has 0 rings (SSSR count). The number of ether oxygens (including phenoxy) is 2. The van der Waals surface area contributed by atoms with Gasteiger partial charge < -0.3 is 30.9 Å². The number of hydrogen-bond donors (Lipinski definition) is 3. The van der Waals surface area contributed by atoms with Crippen LogP contribution in [0.15, 0.2) is 0 Å². The molecule has 0 aromatic heterocycles. The normalized spacial score (nSPS) is 11.8. The number of esters is 2. The van der Waals surface area contributed by atoms with Crippen molar-refractivity contribution < 1.29 is 33.8 Å². The molecule has 0 saturated heterocycles. The van der Waals surface area contributed by atoms with Crippen LogP contribution in [0.3, 0.4) is 0 Å². The number of carboxylic acid groups (broad SMARTS) is 1. The Kier molecular flexibility index (Phi) is 36.9. The number of carbonyl (C=O) groups is 4. The van der Waals surface area contributed by atoms with Crippen LogP contribution in [0, 0.1) is 0 Å². The Balaban J connectivity index is 4.12. The first-order chi connectivity index (χ1) is 25.3. The summed E-state index contributed by atoms with van der Waals surface area (Å²) in [7, 11) is 0. The van der Waals surface area contributed by atoms with E-state index >= 15 is 0 Å². The maximum absolute atomic E-state index is 13.1. The van der Waals surface area contributed by atoms with Crippen LogP contribution >= 0.6 is 0 Å². The van der Waals surface area contributed by atoms with E-state index in [9.17, 15) is 19.2 Å². The number of nitrogens with two attached hydrogens (primary N) is 2. The van der Waals surface area contributed by atoms with Crippen LogP contribution in [-0.2, 0) is 28.7 Å². The Bertz CT molecular complexity index is 857. The van der Waals surface area contributed by atoms with Gasteiger partial charge in [-0.3, -0.25) is 19.2 Å². The van der Waals surface area contributed by atoms with Gasteiger partial charge >= 0.3 is 17.9 Å². The molecule has 0 fully saturated rings. The van der Waals surface area contributed by atoms with E-state index in [0.717, 1.165) is 70.6 Å². The van der Waals surface area contributed by atoms with Crippen molar-refractivity contribution in [3.63, 3.8) is 0 Å². The lowest BCUT2D eigenvalue weighted by Gasteiger charge is -2.25. The number of rotatable bonds is 40. The number of amides is 1. The fourth-order valence-electron chi connectivity index (χ4n) is 6.48. The van der Waals surface area contributed by atoms with E-state index in [1.54, 1.807) is 4.90 Å². The lowest BCUT2D eigenvalue weighted by atomic mass is 10.0. The van der Waals surface area contributed by atoms with E-state index in [2.05, 4.69) is 6.92 Å². The average Bonchev–Trinajstić information content (AvgIpc) is 3.12. The Morgan fingerprint density at radius 3 is 1.21 bits per heavy atom. The molecule has 10 nitrogen and oxygen atoms in total. The molecule has 0 aliphatic carbocycles. The van der Waals surface area contributed by atoms with Gasteiger partial charge in [0.05, 0.1) is 19.1 Å². The van der Waals surface area contributed by atoms with Crippen molar-refractivity contribution in [2.75, 3.05) is 32.8 Å². The SMILES string of the molecule is CCCCCCCCCCCCCCCC(=O)OCCN(CCOC(=O)CCCCCCCCCCCCCCC(=O)O)C(=O)[C@@H](N)CCCCN. The zero-order valence-electron chi connectivity index (χ0n) is 33.5. The maximum Gasteiger partial charge on any atom is 0.305 e. The molecule has 0 spiro atoms. The quantitative estimate of drug-likeness (QED) is 0.0411. The van der Waals surface area contributed by atoms with Crippen LogP contribution in [0.1, 0.15) is 206 Å². The first-order valence-corrected chi connectivity index (χ1v) is 21.6. The van der Waals surface area contributed by atoms with Crippen molar-refractivity contribution >= 4 is 23.8 Å². The van der Waals surface area contributed by atoms with Gasteiger partial charge in [0.15, 0.2) is 0 Å². The molecule has 0 bridgehead atoms. The van der Waals surface area contributed by atoms with Crippen molar-refractivity contribution in [2.24, 2.45) is 11.5 Å². The van der Waals surface area contributed by atoms with Gasteiger partial charge in [-0.15, -0.1) is 0 Å². The van der Waals surface area contributed by atoms with E-state index in [-0.39, 0.29) is 50.6 Å². The van der Waals surface area contributed by atoms with Gasteiger partial charge in [0, 0.05) is 19.3 Å². The smallest absolute Gasteiger partial charge is 0.305 e. The van der Waals surface area contributed by atoms with Crippen molar-refractivity contribution in [3.8, 4) is 0 Å². The molecule has 52 heavy (non-hydrogen) atoms. The summed E-state index contributed by atoms with van der Waals surface area (Å²) in [6.45, 7) is 3.43. The van der Waals surface area contributed by atoms with Crippen molar-refractivity contribution in [1.29, 1.82) is 0 Å². The van der Waals surface area contributed by atoms with Crippen LogP contribution in [0.4, 0.5) is 0 Å². The molecular weight excluding hydrogens is 658 g/mol. The molecule has 0 aromatic rings. The fraction of sp³-hybridized carbons (Fsp3) is 0.905. The van der Waals surface area contributed by atoms with Crippen LogP contribution in [0.25, 0.3) is 0 Å². The molecule has 0 unspecified atom stereocenters. The topological polar surface area (TPSA) is 162 Å². The largest absolute Gasteiger partial charge is 0.481 e. The molecule has 0 radical (unpaired) electrons. The Morgan fingerprint density at radius 2 is 0.865 bits per heavy atom. The Morgan fingerprint density at radius 1 is 0.519 bits per heavy atom. The fourth-order valence-corrected chi connectivity index (χ4v) is 6.48. The summed E-state index contributed by atoms with van der Waals surface area (Å²) in [5.41, 5.74) is 11.8. The van der Waals surface area contributed by atoms with Gasteiger partial charge in [-0.1, -0.05) is 155 Å². The molecular formula is C42H81N3O7. The highest BCUT2D eigenvalue weighted by Crippen LogP contribution is 2.15. The number of aliphatic carboxylic acids is 1. The summed E-state index contributed by atoms with van der Waals surface area (Å²) in [5.74, 6) is -1.43. The van der Waals surface area contributed by atoms with E-state index < -0.39 is 12.0 Å². The number of nitrogens with zero attached hydrogens (tertiary/aromatic N) is 1. The molecule has 0 aliphatic rings. The lowest BCUT2D eigenvalue weighted by Crippen LogP contribution is -2.46. The third-order valence-electron chi connectivity index (χ3n) is 9.85. The molecule has 306 valence electrons. The molecule has 1 amide bonds. The summed E-state index contributed by atoms with van der Waals surface area (Å²) >= 11 is 0. The van der Waals surface area contributed by atoms with Crippen LogP contribution in [0.2, 0.25) is 0 Å². The molecule has 0 heterocycles. The summed E-state index contributed by atoms with van der Waals surface area (Å²) in [6, 6.07) is -0.667. The second kappa shape index (κ2) is 38.5. The van der Waals surface area contributed by atoms with Gasteiger partial charge in [0.2, 0.25) is 5.91 Å². The third-order valence-corrected chi connectivity index (χ3v) is 9.85. The van der Waals surface area contributed by atoms with E-state index in [0.29, 0.717) is 25.8 Å². The van der Waals surface area contributed by atoms with Crippen LogP contribution in [0.5, 0.6) is 0 Å². The number of hydrogen-bond acceptors (Lipinski definition) is 8. The summed E-state index contributed by atoms with van der Waals surface area (Å²) in [4.78, 5) is 49.9. The predicted octanol–water partition coefficient (Wildman–Crippen LogP) is 9.39. The van der Waals surface area contributed by atoms with Crippen LogP contribution < -0.4 is 11.5 Å². The maximum atomic E-state index is 13.1. The zero-order valence-corrected chi connectivity index (χ0v) is 33.5. The van der Waals surface area contributed by atoms with Gasteiger partial charge in [-0.25, -0.2) is 0 Å². The van der Waals surface area contributed by atoms with E-state index in [1.165, 1.54) is 103 Å². The summed E-state index contributed by atoms with van der Waals surface area (Å²) < 4.78 is 10.9. The highest BCUT2D eigenvalue weighted by atomic mass is 16.5. The predicted molar refractivity (Wildman–Crippen MR) is 212 cm³/mol. The molecule has 0 aromatic carbocycles. The van der Waals surface area contributed by atoms with Crippen LogP contribution in [-0.4, -0.2) is 72.7 Å². The number of carboxylic acids is 1. The van der Waals surface area contributed by atoms with Gasteiger partial charge in [0.25, 0.3) is 0 Å². The Labute approximate surface area is 318 Å². The minimum atomic E-state index is -0.704. The molecule has 10 heteroatoms. The van der Waals surface area contributed by atoms with E-state index in [1.807, 2.05) is 0 Å². The monoisotopic (exact) mass is 740 g/mol. The molecule has 5 N–H and O–H groups in total. The summed E-state index contributed by atoms with van der Waals surface area (Å²) in [5, 5.41) is 8.67. The second-order valence-corrected chi connectivity index (χ2v) is 14.8. The molecule has 0 aliphatic heterocycles. The van der Waals surface area contributed by atoms with Crippen molar-refractivity contribution in [1.82, 2.24) is 4.90 Å². The minimum Gasteiger partial charge on any atom is -0.481 e. The average molecular weight is 740 g/mol. The standard InChI is InChI=1S/C42H81N3O7/c1-2-3-4-5-6-7-8-9-13-16-19-22-25-31-40(48)51-36-34-45(42(50)38(44)29-27-28-33-43)35-37-52-41(49)32-26-23-20-17-14-11-10-12-15-18-21-24-30-39(46)47/h38H,2-37,43-44H2,1H3,(H,46,47)/t38-/m0/s1. The molecule has 0 saturated carbocycles. The zero-order chi connectivity index (χ0) is 38.3. The summed E-state index contributed by atoms with van der Waals surface area (Å²) in [6.07, 6.45) is 32.4. The Hall–Kier alpha value is -2.20. The van der Waals surface area contributed by atoms with Crippen molar-refractivity contribution in [3.05, 3.63) is 0 Å². The number of unbranched alkanes of at least 4 members (excludes halogenated alkanes) is 24. The minimum absolute atomic E-state index is 0.0898. The highest BCUT2D eigenvalue weighted by Gasteiger charge is 2.21. The third kappa shape index (κ3) is 34.9. The lowest BCUT2D eigenvalue weighted by molar-refractivity contribution is -0.148. The first kappa shape index (κ1) is 49.8. The highest BCUT2D eigenvalue weighted by molar-refractivity contribution is 5.81. The van der Waals surface area contributed by atoms with Gasteiger partial charge in [0.1, 0.15) is 13.2 Å². The number of carbonyl (C=O) groups excluding carboxylic acids is 3.